The fourth-order valence-electron chi connectivity index (χ4n) is 3.38. The zero-order valence-corrected chi connectivity index (χ0v) is 16.5. The molecule has 3 rings (SSSR count). The van der Waals surface area contributed by atoms with Crippen molar-refractivity contribution in [2.45, 2.75) is 24.0 Å². The Bertz CT molecular complexity index is 898. The summed E-state index contributed by atoms with van der Waals surface area (Å²) in [5.74, 6) is -0.366. The van der Waals surface area contributed by atoms with E-state index in [9.17, 15) is 31.2 Å². The van der Waals surface area contributed by atoms with E-state index in [0.717, 1.165) is 27.4 Å². The maximum Gasteiger partial charge on any atom is 0.416 e. The number of urea groups is 1. The van der Waals surface area contributed by atoms with E-state index in [4.69, 9.17) is 0 Å². The minimum Gasteiger partial charge on any atom is -0.336 e. The molecule has 0 radical (unpaired) electrons. The Balaban J connectivity index is 1.67. The van der Waals surface area contributed by atoms with Crippen molar-refractivity contribution in [3.63, 3.8) is 0 Å². The Morgan fingerprint density at radius 1 is 1.14 bits per heavy atom. The van der Waals surface area contributed by atoms with Crippen molar-refractivity contribution in [1.82, 2.24) is 19.4 Å². The number of sulfonamides is 1. The van der Waals surface area contributed by atoms with Crippen LogP contribution in [0, 0.1) is 0 Å². The fourth-order valence-corrected chi connectivity index (χ4v) is 4.85. The van der Waals surface area contributed by atoms with Gasteiger partial charge in [-0.3, -0.25) is 14.6 Å². The van der Waals surface area contributed by atoms with E-state index in [2.05, 4.69) is 5.32 Å². The molecule has 12 heteroatoms. The summed E-state index contributed by atoms with van der Waals surface area (Å²) in [6.45, 7) is 2.82. The molecule has 29 heavy (non-hydrogen) atoms. The number of hydrogen-bond acceptors (Lipinski definition) is 5. The van der Waals surface area contributed by atoms with Crippen molar-refractivity contribution in [1.29, 1.82) is 0 Å². The number of carbonyl (C=O) groups excluding carboxylic acids is 2. The molecule has 1 aromatic rings. The zero-order valence-electron chi connectivity index (χ0n) is 15.6. The molecule has 2 aliphatic rings. The molecule has 0 saturated carbocycles. The normalized spacial score (nSPS) is 20.6. The monoisotopic (exact) mass is 434 g/mol. The molecule has 2 aliphatic heterocycles. The SMILES string of the molecule is CC(C(=O)N1CCNC1=O)N1CCN(S(=O)(=O)c2cccc(C(F)(F)F)c2)CC1. The van der Waals surface area contributed by atoms with Gasteiger partial charge >= 0.3 is 12.2 Å². The molecule has 2 fully saturated rings. The fraction of sp³-hybridized carbons (Fsp3) is 0.529. The number of imide groups is 1. The summed E-state index contributed by atoms with van der Waals surface area (Å²) >= 11 is 0. The molecule has 3 amide bonds. The Labute approximate surface area is 166 Å². The van der Waals surface area contributed by atoms with Crippen LogP contribution in [0.5, 0.6) is 0 Å². The minimum absolute atomic E-state index is 0.0302. The molecule has 2 heterocycles. The van der Waals surface area contributed by atoms with E-state index in [1.807, 2.05) is 0 Å². The van der Waals surface area contributed by atoms with Crippen molar-refractivity contribution in [3.8, 4) is 0 Å². The number of hydrogen-bond donors (Lipinski definition) is 1. The molecule has 1 aromatic carbocycles. The summed E-state index contributed by atoms with van der Waals surface area (Å²) in [6.07, 6.45) is -4.64. The summed E-state index contributed by atoms with van der Waals surface area (Å²) in [7, 11) is -4.09. The highest BCUT2D eigenvalue weighted by Crippen LogP contribution is 2.31. The van der Waals surface area contributed by atoms with Gasteiger partial charge in [-0.25, -0.2) is 13.2 Å². The molecular formula is C17H21F3N4O4S. The lowest BCUT2D eigenvalue weighted by Crippen LogP contribution is -2.55. The minimum atomic E-state index is -4.64. The third-order valence-corrected chi connectivity index (χ3v) is 6.99. The number of halogens is 3. The first-order valence-electron chi connectivity index (χ1n) is 9.02. The van der Waals surface area contributed by atoms with Crippen molar-refractivity contribution in [2.24, 2.45) is 0 Å². The van der Waals surface area contributed by atoms with Gasteiger partial charge in [0.05, 0.1) is 16.5 Å². The summed E-state index contributed by atoms with van der Waals surface area (Å²) < 4.78 is 65.3. The molecule has 0 aromatic heterocycles. The van der Waals surface area contributed by atoms with Gasteiger partial charge in [0.15, 0.2) is 0 Å². The molecule has 0 spiro atoms. The van der Waals surface area contributed by atoms with Gasteiger partial charge in [-0.2, -0.15) is 17.5 Å². The smallest absolute Gasteiger partial charge is 0.336 e. The second-order valence-corrected chi connectivity index (χ2v) is 8.80. The lowest BCUT2D eigenvalue weighted by atomic mass is 10.2. The number of carbonyl (C=O) groups is 2. The summed E-state index contributed by atoms with van der Waals surface area (Å²) in [5.41, 5.74) is -1.03. The van der Waals surface area contributed by atoms with E-state index in [1.165, 1.54) is 0 Å². The molecule has 0 bridgehead atoms. The van der Waals surface area contributed by atoms with Gasteiger partial charge in [-0.15, -0.1) is 0 Å². The summed E-state index contributed by atoms with van der Waals surface area (Å²) in [5, 5.41) is 2.55. The first-order valence-corrected chi connectivity index (χ1v) is 10.5. The topological polar surface area (TPSA) is 90.0 Å². The van der Waals surface area contributed by atoms with Crippen LogP contribution >= 0.6 is 0 Å². The predicted molar refractivity (Wildman–Crippen MR) is 96.3 cm³/mol. The van der Waals surface area contributed by atoms with Crippen molar-refractivity contribution < 1.29 is 31.2 Å². The van der Waals surface area contributed by atoms with E-state index in [0.29, 0.717) is 12.6 Å². The van der Waals surface area contributed by atoms with E-state index < -0.39 is 38.7 Å². The number of nitrogens with one attached hydrogen (secondary N) is 1. The molecule has 2 saturated heterocycles. The van der Waals surface area contributed by atoms with E-state index in [1.54, 1.807) is 11.8 Å². The molecule has 0 aliphatic carbocycles. The second-order valence-electron chi connectivity index (χ2n) is 6.86. The van der Waals surface area contributed by atoms with Crippen molar-refractivity contribution in [2.75, 3.05) is 39.3 Å². The van der Waals surface area contributed by atoms with Crippen LogP contribution in [-0.2, 0) is 21.0 Å². The first-order chi connectivity index (χ1) is 13.5. The number of amides is 3. The number of benzene rings is 1. The van der Waals surface area contributed by atoms with Crippen LogP contribution in [0.15, 0.2) is 29.2 Å². The van der Waals surface area contributed by atoms with Crippen LogP contribution in [0.3, 0.4) is 0 Å². The standard InChI is InChI=1S/C17H21F3N4O4S/c1-12(15(25)24-6-5-21-16(24)26)22-7-9-23(10-8-22)29(27,28)14-4-2-3-13(11-14)17(18,19)20/h2-4,11-12H,5-10H2,1H3,(H,21,26). The summed E-state index contributed by atoms with van der Waals surface area (Å²) in [4.78, 5) is 26.6. The molecule has 1 unspecified atom stereocenters. The third-order valence-electron chi connectivity index (χ3n) is 5.10. The van der Waals surface area contributed by atoms with Crippen LogP contribution < -0.4 is 5.32 Å². The second kappa shape index (κ2) is 7.92. The lowest BCUT2D eigenvalue weighted by Gasteiger charge is -2.37. The highest BCUT2D eigenvalue weighted by Gasteiger charge is 2.37. The zero-order chi connectivity index (χ0) is 21.4. The predicted octanol–water partition coefficient (Wildman–Crippen LogP) is 0.952. The van der Waals surface area contributed by atoms with E-state index >= 15 is 0 Å². The van der Waals surface area contributed by atoms with Crippen LogP contribution in [0.4, 0.5) is 18.0 Å². The molecule has 8 nitrogen and oxygen atoms in total. The highest BCUT2D eigenvalue weighted by molar-refractivity contribution is 7.89. The maximum atomic E-state index is 12.9. The van der Waals surface area contributed by atoms with E-state index in [-0.39, 0.29) is 38.6 Å². The lowest BCUT2D eigenvalue weighted by molar-refractivity contribution is -0.137. The van der Waals surface area contributed by atoms with Crippen molar-refractivity contribution >= 4 is 22.0 Å². The quantitative estimate of drug-likeness (QED) is 0.762. The Kier molecular flexibility index (Phi) is 5.88. The van der Waals surface area contributed by atoms with Crippen LogP contribution in [0.25, 0.3) is 0 Å². The summed E-state index contributed by atoms with van der Waals surface area (Å²) in [6, 6.07) is 2.58. The highest BCUT2D eigenvalue weighted by atomic mass is 32.2. The largest absolute Gasteiger partial charge is 0.416 e. The molecular weight excluding hydrogens is 413 g/mol. The maximum absolute atomic E-state index is 12.9. The van der Waals surface area contributed by atoms with Gasteiger partial charge in [0.25, 0.3) is 0 Å². The van der Waals surface area contributed by atoms with Gasteiger partial charge in [0, 0.05) is 39.3 Å². The molecule has 160 valence electrons. The van der Waals surface area contributed by atoms with Gasteiger partial charge in [-0.1, -0.05) is 6.07 Å². The van der Waals surface area contributed by atoms with Gasteiger partial charge in [0.2, 0.25) is 15.9 Å². The number of rotatable bonds is 4. The van der Waals surface area contributed by atoms with Crippen LogP contribution in [-0.4, -0.2) is 79.8 Å². The average Bonchev–Trinajstić information content (AvgIpc) is 3.12. The third kappa shape index (κ3) is 4.38. The van der Waals surface area contributed by atoms with Gasteiger partial charge in [-0.05, 0) is 25.1 Å². The Hall–Kier alpha value is -2.18. The number of nitrogens with zero attached hydrogens (tertiary/aromatic N) is 3. The van der Waals surface area contributed by atoms with Gasteiger partial charge in [0.1, 0.15) is 0 Å². The Morgan fingerprint density at radius 3 is 2.34 bits per heavy atom. The van der Waals surface area contributed by atoms with Crippen LogP contribution in [0.2, 0.25) is 0 Å². The number of alkyl halides is 3. The molecule has 1 N–H and O–H groups in total. The van der Waals surface area contributed by atoms with Crippen LogP contribution in [0.1, 0.15) is 12.5 Å². The first kappa shape index (κ1) is 21.5. The molecule has 1 atom stereocenters. The average molecular weight is 434 g/mol. The van der Waals surface area contributed by atoms with Crippen molar-refractivity contribution in [3.05, 3.63) is 29.8 Å². The van der Waals surface area contributed by atoms with Gasteiger partial charge < -0.3 is 5.32 Å². The Morgan fingerprint density at radius 2 is 1.79 bits per heavy atom. The number of piperazine rings is 1.